The van der Waals surface area contributed by atoms with E-state index in [-0.39, 0.29) is 0 Å². The number of hydrogen-bond acceptors (Lipinski definition) is 4. The minimum atomic E-state index is 0.591. The monoisotopic (exact) mass is 701 g/mol. The smallest absolute Gasteiger partial charge is 0.164 e. The van der Waals surface area contributed by atoms with Crippen LogP contribution in [0.2, 0.25) is 0 Å². The highest BCUT2D eigenvalue weighted by Gasteiger charge is 2.22. The van der Waals surface area contributed by atoms with Crippen molar-refractivity contribution in [1.82, 2.24) is 15.0 Å². The van der Waals surface area contributed by atoms with Crippen LogP contribution in [0.1, 0.15) is 0 Å². The van der Waals surface area contributed by atoms with Gasteiger partial charge in [0, 0.05) is 38.4 Å². The predicted octanol–water partition coefficient (Wildman–Crippen LogP) is 13.6. The summed E-state index contributed by atoms with van der Waals surface area (Å²) in [6.45, 7) is 0. The molecular formula is C51H31N3O. The zero-order chi connectivity index (χ0) is 36.3. The van der Waals surface area contributed by atoms with E-state index < -0.39 is 0 Å². The molecule has 0 aliphatic rings. The van der Waals surface area contributed by atoms with Gasteiger partial charge in [0.05, 0.1) is 0 Å². The molecule has 0 bridgehead atoms. The van der Waals surface area contributed by atoms with E-state index in [1.807, 2.05) is 12.1 Å². The van der Waals surface area contributed by atoms with Crippen molar-refractivity contribution in [1.29, 1.82) is 0 Å². The van der Waals surface area contributed by atoms with Crippen LogP contribution in [-0.4, -0.2) is 15.0 Å². The fourth-order valence-electron chi connectivity index (χ4n) is 7.92. The highest BCUT2D eigenvalue weighted by Crippen LogP contribution is 2.43. The van der Waals surface area contributed by atoms with Crippen molar-refractivity contribution in [3.05, 3.63) is 188 Å². The summed E-state index contributed by atoms with van der Waals surface area (Å²) in [4.78, 5) is 15.7. The Balaban J connectivity index is 1.15. The molecule has 4 heteroatoms. The van der Waals surface area contributed by atoms with Crippen LogP contribution in [0.3, 0.4) is 0 Å². The summed E-state index contributed by atoms with van der Waals surface area (Å²) >= 11 is 0. The Morgan fingerprint density at radius 2 is 0.800 bits per heavy atom. The van der Waals surface area contributed by atoms with Gasteiger partial charge in [-0.25, -0.2) is 15.0 Å². The van der Waals surface area contributed by atoms with E-state index >= 15 is 0 Å². The molecule has 0 fully saturated rings. The Morgan fingerprint density at radius 1 is 0.291 bits per heavy atom. The molecule has 256 valence electrons. The molecule has 0 unspecified atom stereocenters. The quantitative estimate of drug-likeness (QED) is 0.179. The Morgan fingerprint density at radius 3 is 1.53 bits per heavy atom. The first-order valence-corrected chi connectivity index (χ1v) is 18.5. The van der Waals surface area contributed by atoms with E-state index in [2.05, 4.69) is 176 Å². The average Bonchev–Trinajstić information content (AvgIpc) is 3.66. The van der Waals surface area contributed by atoms with Gasteiger partial charge in [-0.3, -0.25) is 0 Å². The van der Waals surface area contributed by atoms with E-state index in [1.165, 1.54) is 16.5 Å². The van der Waals surface area contributed by atoms with E-state index in [0.29, 0.717) is 17.5 Å². The molecule has 11 aromatic rings. The fraction of sp³-hybridized carbons (Fsp3) is 0. The second-order valence-corrected chi connectivity index (χ2v) is 14.0. The summed E-state index contributed by atoms with van der Waals surface area (Å²) in [6.07, 6.45) is 0. The van der Waals surface area contributed by atoms with Crippen LogP contribution < -0.4 is 0 Å². The van der Waals surface area contributed by atoms with Crippen molar-refractivity contribution in [2.75, 3.05) is 0 Å². The van der Waals surface area contributed by atoms with Crippen LogP contribution in [0.25, 0.3) is 111 Å². The van der Waals surface area contributed by atoms with Gasteiger partial charge >= 0.3 is 0 Å². The molecule has 11 rings (SSSR count). The molecule has 4 nitrogen and oxygen atoms in total. The summed E-state index contributed by atoms with van der Waals surface area (Å²) in [6, 6.07) is 65.7. The van der Waals surface area contributed by atoms with Crippen LogP contribution in [-0.2, 0) is 0 Å². The fourth-order valence-corrected chi connectivity index (χ4v) is 7.92. The number of hydrogen-bond donors (Lipinski definition) is 0. The van der Waals surface area contributed by atoms with Crippen LogP contribution in [0.4, 0.5) is 0 Å². The zero-order valence-electron chi connectivity index (χ0n) is 29.6. The second kappa shape index (κ2) is 12.6. The summed E-state index contributed by atoms with van der Waals surface area (Å²) in [5.41, 5.74) is 8.89. The molecule has 0 radical (unpaired) electrons. The zero-order valence-corrected chi connectivity index (χ0v) is 29.6. The number of nitrogens with zero attached hydrogens (tertiary/aromatic N) is 3. The van der Waals surface area contributed by atoms with E-state index in [4.69, 9.17) is 19.4 Å². The highest BCUT2D eigenvalue weighted by atomic mass is 16.3. The number of fused-ring (bicyclic) bond motifs is 7. The molecule has 0 aliphatic heterocycles. The molecule has 0 N–H and O–H groups in total. The first-order chi connectivity index (χ1) is 27.2. The van der Waals surface area contributed by atoms with Gasteiger partial charge in [-0.2, -0.15) is 0 Å². The van der Waals surface area contributed by atoms with Crippen LogP contribution >= 0.6 is 0 Å². The third-order valence-corrected chi connectivity index (χ3v) is 10.7. The Labute approximate surface area is 317 Å². The van der Waals surface area contributed by atoms with Gasteiger partial charge in [-0.15, -0.1) is 0 Å². The minimum absolute atomic E-state index is 0.591. The lowest BCUT2D eigenvalue weighted by atomic mass is 9.97. The molecule has 2 heterocycles. The predicted molar refractivity (Wildman–Crippen MR) is 227 cm³/mol. The Bertz CT molecular complexity index is 3260. The maximum absolute atomic E-state index is 6.91. The normalized spacial score (nSPS) is 11.6. The molecule has 0 aliphatic carbocycles. The number of benzene rings is 9. The third kappa shape index (κ3) is 5.34. The van der Waals surface area contributed by atoms with Gasteiger partial charge in [-0.05, 0) is 80.0 Å². The molecule has 0 saturated heterocycles. The minimum Gasteiger partial charge on any atom is -0.455 e. The van der Waals surface area contributed by atoms with E-state index in [9.17, 15) is 0 Å². The van der Waals surface area contributed by atoms with Crippen molar-refractivity contribution in [2.45, 2.75) is 0 Å². The lowest BCUT2D eigenvalue weighted by Gasteiger charge is -2.12. The van der Waals surface area contributed by atoms with Crippen molar-refractivity contribution in [3.8, 4) is 56.4 Å². The van der Waals surface area contributed by atoms with Gasteiger partial charge in [0.1, 0.15) is 11.2 Å². The van der Waals surface area contributed by atoms with Crippen molar-refractivity contribution >= 4 is 54.3 Å². The third-order valence-electron chi connectivity index (χ3n) is 10.7. The lowest BCUT2D eigenvalue weighted by Crippen LogP contribution is -2.00. The summed E-state index contributed by atoms with van der Waals surface area (Å²) in [5, 5.41) is 8.78. The molecule has 0 saturated carbocycles. The largest absolute Gasteiger partial charge is 0.455 e. The molecule has 55 heavy (non-hydrogen) atoms. The van der Waals surface area contributed by atoms with E-state index in [1.54, 1.807) is 0 Å². The van der Waals surface area contributed by atoms with Crippen molar-refractivity contribution in [3.63, 3.8) is 0 Å². The van der Waals surface area contributed by atoms with Gasteiger partial charge in [0.2, 0.25) is 0 Å². The van der Waals surface area contributed by atoms with Crippen molar-refractivity contribution in [2.24, 2.45) is 0 Å². The maximum atomic E-state index is 6.91. The standard InChI is InChI=1S/C51H31N3O/c1-3-11-32(12-4-1)37-20-21-39-31-41(24-22-38(39)29-37)50-52-49(40-23-19-33-13-7-8-17-36(33)30-40)53-51(54-50)45-28-27-43(34-14-5-2-6-15-34)48-46(45)44-26-25-35-16-9-10-18-42(35)47(44)55-48/h1-31H. The second-order valence-electron chi connectivity index (χ2n) is 14.0. The number of furan rings is 1. The SMILES string of the molecule is c1ccc(-c2ccc3cc(-c4nc(-c5ccc6ccccc6c5)nc(-c5ccc(-c6ccccc6)c6oc7c8ccccc8ccc7c56)n4)ccc3c2)cc1. The summed E-state index contributed by atoms with van der Waals surface area (Å²) in [5.74, 6) is 1.82. The molecule has 9 aromatic carbocycles. The highest BCUT2D eigenvalue weighted by molar-refractivity contribution is 6.21. The maximum Gasteiger partial charge on any atom is 0.164 e. The van der Waals surface area contributed by atoms with Crippen LogP contribution in [0, 0.1) is 0 Å². The summed E-state index contributed by atoms with van der Waals surface area (Å²) in [7, 11) is 0. The number of aromatic nitrogens is 3. The molecule has 0 atom stereocenters. The van der Waals surface area contributed by atoms with E-state index in [0.717, 1.165) is 76.7 Å². The lowest BCUT2D eigenvalue weighted by molar-refractivity contribution is 0.674. The van der Waals surface area contributed by atoms with Gasteiger partial charge in [0.15, 0.2) is 17.5 Å². The molecule has 2 aromatic heterocycles. The van der Waals surface area contributed by atoms with Crippen LogP contribution in [0.5, 0.6) is 0 Å². The van der Waals surface area contributed by atoms with Crippen molar-refractivity contribution < 1.29 is 4.42 Å². The summed E-state index contributed by atoms with van der Waals surface area (Å²) < 4.78 is 6.91. The van der Waals surface area contributed by atoms with Gasteiger partial charge < -0.3 is 4.42 Å². The Hall–Kier alpha value is -7.43. The first kappa shape index (κ1) is 31.1. The van der Waals surface area contributed by atoms with Gasteiger partial charge in [-0.1, -0.05) is 152 Å². The molecule has 0 spiro atoms. The van der Waals surface area contributed by atoms with Crippen LogP contribution in [0.15, 0.2) is 192 Å². The topological polar surface area (TPSA) is 51.8 Å². The molecule has 0 amide bonds. The first-order valence-electron chi connectivity index (χ1n) is 18.5. The van der Waals surface area contributed by atoms with Gasteiger partial charge in [0.25, 0.3) is 0 Å². The molecular weight excluding hydrogens is 671 g/mol. The number of rotatable bonds is 5. The average molecular weight is 702 g/mol. The Kier molecular flexibility index (Phi) is 7.14.